The van der Waals surface area contributed by atoms with Crippen LogP contribution in [-0.4, -0.2) is 72.1 Å². The molecular weight excluding hydrogens is 613 g/mol. The molecule has 7 rings (SSSR count). The van der Waals surface area contributed by atoms with Crippen LogP contribution in [0.5, 0.6) is 11.6 Å². The highest BCUT2D eigenvalue weighted by atomic mass is 19.4. The molecule has 1 aromatic carbocycles. The number of halogens is 5. The first-order chi connectivity index (χ1) is 21.6. The fraction of sp³-hybridized carbons (Fsp3) is 0.516. The minimum Gasteiger partial charge on any atom is -0.472 e. The second-order valence-corrected chi connectivity index (χ2v) is 13.3. The molecule has 0 aliphatic carbocycles. The molecule has 46 heavy (non-hydrogen) atoms. The number of nitrogens with two attached hydrogens (primary N) is 1. The van der Waals surface area contributed by atoms with Gasteiger partial charge in [-0.3, -0.25) is 10.1 Å². The number of nitrogens with one attached hydrogen (secondary N) is 3. The third-order valence-corrected chi connectivity index (χ3v) is 9.88. The number of amides is 1. The normalized spacial score (nSPS) is 26.2. The lowest BCUT2D eigenvalue weighted by Gasteiger charge is -2.47. The van der Waals surface area contributed by atoms with Crippen molar-refractivity contribution in [2.45, 2.75) is 70.6 Å². The maximum Gasteiger partial charge on any atom is 0.573 e. The second-order valence-electron chi connectivity index (χ2n) is 13.3. The Balaban J connectivity index is 1.38. The van der Waals surface area contributed by atoms with Gasteiger partial charge in [0.05, 0.1) is 17.0 Å². The van der Waals surface area contributed by atoms with Crippen LogP contribution in [0, 0.1) is 30.9 Å². The maximum absolute atomic E-state index is 16.7. The third-order valence-electron chi connectivity index (χ3n) is 9.88. The number of rotatable bonds is 5. The van der Waals surface area contributed by atoms with Gasteiger partial charge in [0.2, 0.25) is 11.8 Å². The maximum atomic E-state index is 16.7. The first kappa shape index (κ1) is 30.7. The van der Waals surface area contributed by atoms with Gasteiger partial charge < -0.3 is 30.7 Å². The Morgan fingerprint density at radius 1 is 1.22 bits per heavy atom. The van der Waals surface area contributed by atoms with Gasteiger partial charge in [-0.25, -0.2) is 18.7 Å². The van der Waals surface area contributed by atoms with Crippen molar-refractivity contribution in [2.24, 2.45) is 5.41 Å². The number of carbonyl (C=O) groups is 1. The summed E-state index contributed by atoms with van der Waals surface area (Å²) in [6, 6.07) is 1.10. The van der Waals surface area contributed by atoms with Gasteiger partial charge in [-0.05, 0) is 45.2 Å². The molecule has 4 aliphatic rings. The van der Waals surface area contributed by atoms with Crippen molar-refractivity contribution in [1.29, 1.82) is 0 Å². The topological polar surface area (TPSA) is 127 Å². The lowest BCUT2D eigenvalue weighted by Crippen LogP contribution is -2.72. The molecule has 15 heteroatoms. The van der Waals surface area contributed by atoms with Gasteiger partial charge >= 0.3 is 6.36 Å². The molecule has 246 valence electrons. The highest BCUT2D eigenvalue weighted by Crippen LogP contribution is 2.48. The number of aromatic nitrogens is 2. The Kier molecular flexibility index (Phi) is 6.84. The van der Waals surface area contributed by atoms with E-state index < -0.39 is 46.6 Å². The molecule has 10 nitrogen and oxygen atoms in total. The minimum absolute atomic E-state index is 0.00549. The summed E-state index contributed by atoms with van der Waals surface area (Å²) in [7, 11) is 0. The second kappa shape index (κ2) is 10.3. The summed E-state index contributed by atoms with van der Waals surface area (Å²) in [5.74, 6) is -3.56. The number of nitrogens with zero attached hydrogens (tertiary/aromatic N) is 3. The molecule has 0 saturated carbocycles. The zero-order chi connectivity index (χ0) is 32.9. The van der Waals surface area contributed by atoms with E-state index in [2.05, 4.69) is 32.6 Å². The largest absolute Gasteiger partial charge is 0.573 e. The summed E-state index contributed by atoms with van der Waals surface area (Å²) in [6.07, 6.45) is -4.61. The number of fused-ring (bicyclic) bond motifs is 5. The average molecular weight is 648 g/mol. The van der Waals surface area contributed by atoms with Crippen molar-refractivity contribution < 1.29 is 36.2 Å². The SMILES string of the molecule is Cc1nc2c3c(nc(-c4cc(N)cc(F)c4OC(F)(F)F)c(F)c3c1C)OC(C)C1C3CCC(C(=O)NCC4(C)CNC4)(CN21)N3. The van der Waals surface area contributed by atoms with Crippen LogP contribution in [0.25, 0.3) is 22.0 Å². The van der Waals surface area contributed by atoms with Gasteiger partial charge in [-0.15, -0.1) is 13.2 Å². The van der Waals surface area contributed by atoms with E-state index in [0.717, 1.165) is 19.2 Å². The molecule has 3 aromatic rings. The predicted octanol–water partition coefficient (Wildman–Crippen LogP) is 3.86. The van der Waals surface area contributed by atoms with E-state index in [0.29, 0.717) is 42.5 Å². The zero-order valence-corrected chi connectivity index (χ0v) is 25.7. The number of carbonyl (C=O) groups excluding carboxylic acids is 1. The number of nitrogen functional groups attached to an aromatic ring is 1. The van der Waals surface area contributed by atoms with Gasteiger partial charge in [-0.2, -0.15) is 0 Å². The Hall–Kier alpha value is -3.98. The van der Waals surface area contributed by atoms with E-state index >= 15 is 4.39 Å². The molecule has 6 heterocycles. The average Bonchev–Trinajstić information content (AvgIpc) is 3.25. The summed E-state index contributed by atoms with van der Waals surface area (Å²) in [5, 5.41) is 10.2. The number of alkyl halides is 3. The number of pyridine rings is 2. The number of piperazine rings is 1. The fourth-order valence-corrected chi connectivity index (χ4v) is 7.39. The Morgan fingerprint density at radius 2 is 1.96 bits per heavy atom. The van der Waals surface area contributed by atoms with Crippen molar-refractivity contribution in [1.82, 2.24) is 25.9 Å². The number of aryl methyl sites for hydroxylation is 2. The first-order valence-corrected chi connectivity index (χ1v) is 15.2. The molecule has 3 saturated heterocycles. The highest BCUT2D eigenvalue weighted by molar-refractivity contribution is 6.02. The third kappa shape index (κ3) is 4.77. The number of benzene rings is 1. The summed E-state index contributed by atoms with van der Waals surface area (Å²) in [4.78, 5) is 25.0. The van der Waals surface area contributed by atoms with E-state index in [4.69, 9.17) is 15.5 Å². The van der Waals surface area contributed by atoms with Crippen molar-refractivity contribution in [2.75, 3.05) is 36.8 Å². The number of hydrogen-bond donors (Lipinski definition) is 4. The smallest absolute Gasteiger partial charge is 0.472 e. The van der Waals surface area contributed by atoms with Gasteiger partial charge in [0, 0.05) is 60.5 Å². The van der Waals surface area contributed by atoms with Crippen molar-refractivity contribution >= 4 is 28.2 Å². The highest BCUT2D eigenvalue weighted by Gasteiger charge is 2.57. The molecule has 4 unspecified atom stereocenters. The van der Waals surface area contributed by atoms with Crippen molar-refractivity contribution in [3.63, 3.8) is 0 Å². The number of anilines is 2. The lowest BCUT2D eigenvalue weighted by atomic mass is 9.83. The molecule has 2 aromatic heterocycles. The van der Waals surface area contributed by atoms with Gasteiger partial charge in [0.15, 0.2) is 17.4 Å². The Bertz CT molecular complexity index is 1780. The van der Waals surface area contributed by atoms with Crippen LogP contribution < -0.4 is 36.1 Å². The van der Waals surface area contributed by atoms with E-state index in [1.165, 1.54) is 0 Å². The Morgan fingerprint density at radius 3 is 2.63 bits per heavy atom. The molecule has 1 amide bonds. The van der Waals surface area contributed by atoms with E-state index in [1.807, 2.05) is 11.8 Å². The predicted molar refractivity (Wildman–Crippen MR) is 160 cm³/mol. The van der Waals surface area contributed by atoms with Crippen LogP contribution in [0.3, 0.4) is 0 Å². The Labute approximate surface area is 261 Å². The molecule has 5 N–H and O–H groups in total. The molecule has 4 aliphatic heterocycles. The molecule has 4 atom stereocenters. The van der Waals surface area contributed by atoms with Crippen LogP contribution in [0.1, 0.15) is 37.9 Å². The minimum atomic E-state index is -5.27. The summed E-state index contributed by atoms with van der Waals surface area (Å²) >= 11 is 0. The quantitative estimate of drug-likeness (QED) is 0.241. The number of ether oxygens (including phenoxy) is 2. The fourth-order valence-electron chi connectivity index (χ4n) is 7.39. The monoisotopic (exact) mass is 647 g/mol. The lowest BCUT2D eigenvalue weighted by molar-refractivity contribution is -0.275. The molecule has 3 fully saturated rings. The standard InChI is InChI=1S/C31H34F5N7O3/c1-13-14(2)40-26-21-20(13)22(33)23(17-7-16(37)8-18(32)25(17)46-31(34,35)36)41-27(21)45-15(3)24-19-5-6-30(42-19,12-43(24)26)28(44)39-11-29(4)9-38-10-29/h7-8,15,19,24,38,42H,5-6,9-12,37H2,1-4H3,(H,39,44). The van der Waals surface area contributed by atoms with Gasteiger partial charge in [-0.1, -0.05) is 6.92 Å². The molecule has 2 bridgehead atoms. The van der Waals surface area contributed by atoms with Crippen LogP contribution in [0.2, 0.25) is 0 Å². The van der Waals surface area contributed by atoms with E-state index in [1.54, 1.807) is 13.8 Å². The van der Waals surface area contributed by atoms with E-state index in [-0.39, 0.29) is 52.3 Å². The van der Waals surface area contributed by atoms with Crippen molar-refractivity contribution in [3.05, 3.63) is 35.0 Å². The van der Waals surface area contributed by atoms with Crippen LogP contribution in [0.15, 0.2) is 12.1 Å². The molecular formula is C31H34F5N7O3. The van der Waals surface area contributed by atoms with Crippen LogP contribution in [-0.2, 0) is 4.79 Å². The van der Waals surface area contributed by atoms with Gasteiger partial charge in [0.1, 0.15) is 23.2 Å². The summed E-state index contributed by atoms with van der Waals surface area (Å²) in [5.41, 5.74) is 4.20. The summed E-state index contributed by atoms with van der Waals surface area (Å²) in [6.45, 7) is 9.61. The molecule has 0 spiro atoms. The number of hydrogen-bond acceptors (Lipinski definition) is 9. The van der Waals surface area contributed by atoms with Gasteiger partial charge in [0.25, 0.3) is 0 Å². The zero-order valence-electron chi connectivity index (χ0n) is 25.7. The van der Waals surface area contributed by atoms with Crippen molar-refractivity contribution in [3.8, 4) is 22.9 Å². The van der Waals surface area contributed by atoms with Crippen LogP contribution in [0.4, 0.5) is 33.5 Å². The summed E-state index contributed by atoms with van der Waals surface area (Å²) < 4.78 is 82.0. The van der Waals surface area contributed by atoms with E-state index in [9.17, 15) is 22.4 Å². The molecule has 0 radical (unpaired) electrons. The van der Waals surface area contributed by atoms with Crippen LogP contribution >= 0.6 is 0 Å². The first-order valence-electron chi connectivity index (χ1n) is 15.2.